The third-order valence-corrected chi connectivity index (χ3v) is 1.81. The Labute approximate surface area is 93.9 Å². The van der Waals surface area contributed by atoms with Gasteiger partial charge < -0.3 is 4.84 Å². The van der Waals surface area contributed by atoms with Crippen molar-refractivity contribution in [2.45, 2.75) is 20.5 Å². The van der Waals surface area contributed by atoms with E-state index in [1.165, 1.54) is 12.1 Å². The fraction of sp³-hybridized carbons (Fsp3) is 0.364. The van der Waals surface area contributed by atoms with Crippen molar-refractivity contribution in [2.75, 3.05) is 0 Å². The van der Waals surface area contributed by atoms with Gasteiger partial charge in [0.25, 0.3) is 5.69 Å². The minimum atomic E-state index is -0.429. The first-order valence-electron chi connectivity index (χ1n) is 4.98. The molecule has 86 valence electrons. The molecule has 0 N–H and O–H groups in total. The van der Waals surface area contributed by atoms with E-state index in [2.05, 4.69) is 5.16 Å². The Hall–Kier alpha value is -1.91. The molecule has 0 heterocycles. The van der Waals surface area contributed by atoms with Crippen molar-refractivity contribution in [3.8, 4) is 0 Å². The summed E-state index contributed by atoms with van der Waals surface area (Å²) >= 11 is 0. The lowest BCUT2D eigenvalue weighted by Crippen LogP contribution is -1.92. The van der Waals surface area contributed by atoms with Gasteiger partial charge in [-0.3, -0.25) is 10.1 Å². The minimum absolute atomic E-state index is 0.0782. The van der Waals surface area contributed by atoms with Crippen LogP contribution in [0.1, 0.15) is 19.4 Å². The zero-order chi connectivity index (χ0) is 12.0. The molecule has 0 fully saturated rings. The average molecular weight is 222 g/mol. The fourth-order valence-electron chi connectivity index (χ4n) is 0.990. The predicted molar refractivity (Wildman–Crippen MR) is 61.2 cm³/mol. The number of rotatable bonds is 5. The van der Waals surface area contributed by atoms with Crippen LogP contribution in [-0.4, -0.2) is 11.1 Å². The van der Waals surface area contributed by atoms with Crippen molar-refractivity contribution >= 4 is 11.9 Å². The second kappa shape index (κ2) is 5.85. The molecule has 1 rings (SSSR count). The standard InChI is InChI=1S/C11H14N2O3/c1-9(2)7-12-16-8-10-3-5-11(6-4-10)13(14)15/h3-7,9H,8H2,1-2H3. The molecule has 0 radical (unpaired) electrons. The molecule has 0 unspecified atom stereocenters. The quantitative estimate of drug-likeness (QED) is 0.437. The molecule has 0 spiro atoms. The number of benzene rings is 1. The molecule has 16 heavy (non-hydrogen) atoms. The van der Waals surface area contributed by atoms with Crippen LogP contribution in [0.3, 0.4) is 0 Å². The highest BCUT2D eigenvalue weighted by Crippen LogP contribution is 2.12. The van der Waals surface area contributed by atoms with E-state index in [4.69, 9.17) is 4.84 Å². The molecule has 5 nitrogen and oxygen atoms in total. The van der Waals surface area contributed by atoms with E-state index in [0.29, 0.717) is 12.5 Å². The first kappa shape index (κ1) is 12.2. The molecule has 1 aromatic carbocycles. The van der Waals surface area contributed by atoms with Crippen LogP contribution in [0.15, 0.2) is 29.4 Å². The van der Waals surface area contributed by atoms with Gasteiger partial charge in [0.1, 0.15) is 6.61 Å². The summed E-state index contributed by atoms with van der Waals surface area (Å²) in [6.45, 7) is 4.32. The highest BCUT2D eigenvalue weighted by Gasteiger charge is 2.03. The van der Waals surface area contributed by atoms with E-state index in [0.717, 1.165) is 5.56 Å². The highest BCUT2D eigenvalue weighted by molar-refractivity contribution is 5.58. The second-order valence-corrected chi connectivity index (χ2v) is 3.70. The molecular formula is C11H14N2O3. The molecule has 0 aliphatic rings. The molecular weight excluding hydrogens is 208 g/mol. The monoisotopic (exact) mass is 222 g/mol. The lowest BCUT2D eigenvalue weighted by molar-refractivity contribution is -0.384. The Balaban J connectivity index is 2.46. The summed E-state index contributed by atoms with van der Waals surface area (Å²) < 4.78 is 0. The van der Waals surface area contributed by atoms with Gasteiger partial charge in [-0.2, -0.15) is 0 Å². The summed E-state index contributed by atoms with van der Waals surface area (Å²) in [5.41, 5.74) is 0.931. The van der Waals surface area contributed by atoms with Gasteiger partial charge in [-0.05, 0) is 23.6 Å². The fourth-order valence-corrected chi connectivity index (χ4v) is 0.990. The molecule has 0 amide bonds. The first-order chi connectivity index (χ1) is 7.59. The Morgan fingerprint density at radius 1 is 1.44 bits per heavy atom. The van der Waals surface area contributed by atoms with Crippen LogP contribution < -0.4 is 0 Å². The molecule has 0 atom stereocenters. The molecule has 0 aromatic heterocycles. The Kier molecular flexibility index (Phi) is 4.44. The molecule has 0 saturated heterocycles. The number of hydrogen-bond donors (Lipinski definition) is 0. The maximum absolute atomic E-state index is 10.4. The van der Waals surface area contributed by atoms with Crippen LogP contribution in [0, 0.1) is 16.0 Å². The number of hydrogen-bond acceptors (Lipinski definition) is 4. The van der Waals surface area contributed by atoms with Crippen LogP contribution in [0.25, 0.3) is 0 Å². The van der Waals surface area contributed by atoms with Crippen molar-refractivity contribution < 1.29 is 9.76 Å². The summed E-state index contributed by atoms with van der Waals surface area (Å²) in [7, 11) is 0. The SMILES string of the molecule is CC(C)C=NOCc1ccc([N+](=O)[O-])cc1. The molecule has 5 heteroatoms. The summed E-state index contributed by atoms with van der Waals surface area (Å²) in [6, 6.07) is 6.21. The minimum Gasteiger partial charge on any atom is -0.391 e. The Morgan fingerprint density at radius 3 is 2.56 bits per heavy atom. The summed E-state index contributed by atoms with van der Waals surface area (Å²) in [5.74, 6) is 0.344. The number of nitro groups is 1. The van der Waals surface area contributed by atoms with E-state index in [-0.39, 0.29) is 5.69 Å². The number of non-ortho nitro benzene ring substituents is 1. The highest BCUT2D eigenvalue weighted by atomic mass is 16.6. The molecule has 0 aliphatic carbocycles. The van der Waals surface area contributed by atoms with E-state index in [1.807, 2.05) is 13.8 Å². The van der Waals surface area contributed by atoms with Gasteiger partial charge in [0, 0.05) is 18.3 Å². The topological polar surface area (TPSA) is 64.7 Å². The maximum Gasteiger partial charge on any atom is 0.269 e. The van der Waals surface area contributed by atoms with E-state index in [9.17, 15) is 10.1 Å². The van der Waals surface area contributed by atoms with E-state index in [1.54, 1.807) is 18.3 Å². The smallest absolute Gasteiger partial charge is 0.269 e. The van der Waals surface area contributed by atoms with Gasteiger partial charge in [-0.15, -0.1) is 0 Å². The first-order valence-corrected chi connectivity index (χ1v) is 4.98. The van der Waals surface area contributed by atoms with Gasteiger partial charge in [-0.1, -0.05) is 19.0 Å². The number of nitro benzene ring substituents is 1. The van der Waals surface area contributed by atoms with Gasteiger partial charge in [0.2, 0.25) is 0 Å². The van der Waals surface area contributed by atoms with Crippen LogP contribution in [0.2, 0.25) is 0 Å². The molecule has 0 saturated carbocycles. The van der Waals surface area contributed by atoms with Crippen molar-refractivity contribution in [2.24, 2.45) is 11.1 Å². The van der Waals surface area contributed by atoms with Crippen molar-refractivity contribution in [3.05, 3.63) is 39.9 Å². The van der Waals surface area contributed by atoms with E-state index < -0.39 is 4.92 Å². The van der Waals surface area contributed by atoms with Gasteiger partial charge in [0.15, 0.2) is 0 Å². The molecule has 0 bridgehead atoms. The second-order valence-electron chi connectivity index (χ2n) is 3.70. The third kappa shape index (κ3) is 4.08. The van der Waals surface area contributed by atoms with Crippen LogP contribution >= 0.6 is 0 Å². The average Bonchev–Trinajstić information content (AvgIpc) is 2.25. The van der Waals surface area contributed by atoms with Gasteiger partial charge in [-0.25, -0.2) is 0 Å². The van der Waals surface area contributed by atoms with Gasteiger partial charge in [0.05, 0.1) is 4.92 Å². The Morgan fingerprint density at radius 2 is 2.06 bits per heavy atom. The summed E-state index contributed by atoms with van der Waals surface area (Å²) in [6.07, 6.45) is 1.70. The predicted octanol–water partition coefficient (Wildman–Crippen LogP) is 2.75. The zero-order valence-electron chi connectivity index (χ0n) is 9.29. The van der Waals surface area contributed by atoms with E-state index >= 15 is 0 Å². The maximum atomic E-state index is 10.4. The van der Waals surface area contributed by atoms with Crippen molar-refractivity contribution in [1.82, 2.24) is 0 Å². The molecule has 1 aromatic rings. The normalized spacial score (nSPS) is 10.9. The number of nitrogens with zero attached hydrogens (tertiary/aromatic N) is 2. The summed E-state index contributed by atoms with van der Waals surface area (Å²) in [4.78, 5) is 15.0. The number of oxime groups is 1. The van der Waals surface area contributed by atoms with Crippen LogP contribution in [0.4, 0.5) is 5.69 Å². The lowest BCUT2D eigenvalue weighted by atomic mass is 10.2. The summed E-state index contributed by atoms with van der Waals surface area (Å²) in [5, 5.41) is 14.2. The van der Waals surface area contributed by atoms with Crippen molar-refractivity contribution in [1.29, 1.82) is 0 Å². The van der Waals surface area contributed by atoms with Crippen molar-refractivity contribution in [3.63, 3.8) is 0 Å². The third-order valence-electron chi connectivity index (χ3n) is 1.81. The lowest BCUT2D eigenvalue weighted by Gasteiger charge is -2.00. The Bertz CT molecular complexity index is 371. The van der Waals surface area contributed by atoms with Crippen LogP contribution in [-0.2, 0) is 11.4 Å². The zero-order valence-corrected chi connectivity index (χ0v) is 9.29. The van der Waals surface area contributed by atoms with Gasteiger partial charge >= 0.3 is 0 Å². The largest absolute Gasteiger partial charge is 0.391 e. The van der Waals surface area contributed by atoms with Crippen LogP contribution in [0.5, 0.6) is 0 Å². The molecule has 0 aliphatic heterocycles.